The minimum absolute atomic E-state index is 0.263. The van der Waals surface area contributed by atoms with Gasteiger partial charge in [0, 0.05) is 18.0 Å². The molecule has 1 saturated heterocycles. The molecule has 0 spiro atoms. The summed E-state index contributed by atoms with van der Waals surface area (Å²) in [6.07, 6.45) is 3.18. The van der Waals surface area contributed by atoms with E-state index in [1.165, 1.54) is 0 Å². The zero-order valence-corrected chi connectivity index (χ0v) is 7.88. The first-order valence-electron chi connectivity index (χ1n) is 3.91. The Kier molecular flexibility index (Phi) is 2.32. The van der Waals surface area contributed by atoms with Crippen LogP contribution in [0.15, 0.2) is 30.1 Å². The van der Waals surface area contributed by atoms with Gasteiger partial charge in [-0.1, -0.05) is 6.07 Å². The Balaban J connectivity index is 2.28. The van der Waals surface area contributed by atoms with E-state index in [1.54, 1.807) is 24.4 Å². The van der Waals surface area contributed by atoms with Gasteiger partial charge >= 0.3 is 0 Å². The maximum atomic E-state index is 11.2. The molecule has 2 heterocycles. The highest BCUT2D eigenvalue weighted by Crippen LogP contribution is 2.19. The van der Waals surface area contributed by atoms with Crippen molar-refractivity contribution in [3.8, 4) is 0 Å². The molecule has 14 heavy (non-hydrogen) atoms. The van der Waals surface area contributed by atoms with Crippen molar-refractivity contribution >= 4 is 28.2 Å². The lowest BCUT2D eigenvalue weighted by Crippen LogP contribution is -2.10. The summed E-state index contributed by atoms with van der Waals surface area (Å²) in [5, 5.41) is 1.85. The second-order valence-corrected chi connectivity index (χ2v) is 3.56. The maximum absolute atomic E-state index is 11.2. The van der Waals surface area contributed by atoms with Gasteiger partial charge in [0.25, 0.3) is 5.24 Å². The minimum atomic E-state index is -0.336. The first-order valence-corrected chi connectivity index (χ1v) is 4.73. The summed E-state index contributed by atoms with van der Waals surface area (Å²) >= 11 is 0.663. The Labute approximate surface area is 84.4 Å². The molecule has 1 aromatic rings. The second kappa shape index (κ2) is 3.63. The summed E-state index contributed by atoms with van der Waals surface area (Å²) in [7, 11) is 0. The van der Waals surface area contributed by atoms with Gasteiger partial charge in [0.1, 0.15) is 0 Å². The smallest absolute Gasteiger partial charge is 0.291 e. The molecule has 1 aromatic heterocycles. The fourth-order valence-corrected chi connectivity index (χ4v) is 1.58. The molecule has 0 unspecified atom stereocenters. The van der Waals surface area contributed by atoms with E-state index in [-0.39, 0.29) is 10.4 Å². The normalized spacial score (nSPS) is 18.7. The van der Waals surface area contributed by atoms with Crippen LogP contribution in [0, 0.1) is 0 Å². The number of hydrogen-bond acceptors (Lipinski definition) is 4. The van der Waals surface area contributed by atoms with Gasteiger partial charge in [-0.25, -0.2) is 0 Å². The summed E-state index contributed by atoms with van der Waals surface area (Å²) in [4.78, 5) is 26.0. The van der Waals surface area contributed by atoms with Gasteiger partial charge in [0.15, 0.2) is 0 Å². The van der Waals surface area contributed by atoms with Crippen molar-refractivity contribution in [2.24, 2.45) is 0 Å². The molecule has 1 amide bonds. The molecule has 0 radical (unpaired) electrons. The number of amides is 1. The molecule has 0 saturated carbocycles. The van der Waals surface area contributed by atoms with Crippen molar-refractivity contribution in [1.29, 1.82) is 0 Å². The molecular weight excluding hydrogens is 200 g/mol. The van der Waals surface area contributed by atoms with Crippen LogP contribution in [-0.4, -0.2) is 15.3 Å². The molecule has 0 aliphatic carbocycles. The molecule has 1 aliphatic heterocycles. The van der Waals surface area contributed by atoms with Gasteiger partial charge in [-0.05, 0) is 18.2 Å². The summed E-state index contributed by atoms with van der Waals surface area (Å²) in [5.41, 5.74) is 0.942. The van der Waals surface area contributed by atoms with Gasteiger partial charge in [-0.15, -0.1) is 0 Å². The van der Waals surface area contributed by atoms with Gasteiger partial charge in [0.2, 0.25) is 5.12 Å². The number of carbonyl (C=O) groups is 2. The van der Waals surface area contributed by atoms with Crippen LogP contribution in [0.3, 0.4) is 0 Å². The van der Waals surface area contributed by atoms with Crippen LogP contribution in [0.2, 0.25) is 0 Å². The highest BCUT2D eigenvalue weighted by Gasteiger charge is 2.25. The van der Waals surface area contributed by atoms with Gasteiger partial charge < -0.3 is 5.32 Å². The zero-order valence-electron chi connectivity index (χ0n) is 7.06. The molecule has 1 aliphatic rings. The van der Waals surface area contributed by atoms with E-state index in [0.717, 1.165) is 0 Å². The Morgan fingerprint density at radius 3 is 2.79 bits per heavy atom. The molecule has 5 heteroatoms. The third kappa shape index (κ3) is 1.82. The predicted octanol–water partition coefficient (Wildman–Crippen LogP) is 1.41. The van der Waals surface area contributed by atoms with Crippen LogP contribution in [0.4, 0.5) is 4.79 Å². The SMILES string of the molecule is O=C1NC(=Cc2ccccn2)C(=O)S1. The van der Waals surface area contributed by atoms with Crippen LogP contribution in [0.5, 0.6) is 0 Å². The molecule has 4 nitrogen and oxygen atoms in total. The molecule has 1 fully saturated rings. The number of rotatable bonds is 1. The molecule has 70 valence electrons. The van der Waals surface area contributed by atoms with Crippen LogP contribution in [-0.2, 0) is 4.79 Å². The van der Waals surface area contributed by atoms with Crippen molar-refractivity contribution in [1.82, 2.24) is 10.3 Å². The van der Waals surface area contributed by atoms with Crippen molar-refractivity contribution < 1.29 is 9.59 Å². The molecular formula is C9H6N2O2S. The van der Waals surface area contributed by atoms with E-state index in [4.69, 9.17) is 0 Å². The lowest BCUT2D eigenvalue weighted by molar-refractivity contribution is -0.107. The van der Waals surface area contributed by atoms with E-state index in [0.29, 0.717) is 23.2 Å². The topological polar surface area (TPSA) is 59.1 Å². The molecule has 0 atom stereocenters. The third-order valence-electron chi connectivity index (χ3n) is 1.62. The van der Waals surface area contributed by atoms with Crippen molar-refractivity contribution in [2.75, 3.05) is 0 Å². The molecule has 0 aromatic carbocycles. The maximum Gasteiger partial charge on any atom is 0.291 e. The molecule has 0 bridgehead atoms. The van der Waals surface area contributed by atoms with Gasteiger partial charge in [-0.3, -0.25) is 14.6 Å². The van der Waals surface area contributed by atoms with Gasteiger partial charge in [0.05, 0.1) is 11.4 Å². The number of nitrogens with one attached hydrogen (secondary N) is 1. The average Bonchev–Trinajstić information content (AvgIpc) is 2.47. The number of carbonyl (C=O) groups excluding carboxylic acids is 2. The van der Waals surface area contributed by atoms with Gasteiger partial charge in [-0.2, -0.15) is 0 Å². The minimum Gasteiger partial charge on any atom is -0.313 e. The summed E-state index contributed by atoms with van der Waals surface area (Å²) < 4.78 is 0. The highest BCUT2D eigenvalue weighted by atomic mass is 32.2. The fraction of sp³-hybridized carbons (Fsp3) is 0. The third-order valence-corrected chi connectivity index (χ3v) is 2.31. The van der Waals surface area contributed by atoms with E-state index in [9.17, 15) is 9.59 Å². The lowest BCUT2D eigenvalue weighted by atomic mass is 10.3. The molecule has 2 rings (SSSR count). The predicted molar refractivity (Wildman–Crippen MR) is 53.3 cm³/mol. The number of hydrogen-bond donors (Lipinski definition) is 1. The largest absolute Gasteiger partial charge is 0.313 e. The molecule has 1 N–H and O–H groups in total. The van der Waals surface area contributed by atoms with Crippen LogP contribution < -0.4 is 5.32 Å². The van der Waals surface area contributed by atoms with E-state index in [1.807, 2.05) is 6.07 Å². The number of aromatic nitrogens is 1. The Morgan fingerprint density at radius 2 is 2.21 bits per heavy atom. The van der Waals surface area contributed by atoms with Crippen LogP contribution in [0.25, 0.3) is 6.08 Å². The van der Waals surface area contributed by atoms with E-state index >= 15 is 0 Å². The fourth-order valence-electron chi connectivity index (χ4n) is 1.03. The summed E-state index contributed by atoms with van der Waals surface area (Å²) in [5.74, 6) is 0. The van der Waals surface area contributed by atoms with E-state index < -0.39 is 0 Å². The number of pyridine rings is 1. The second-order valence-electron chi connectivity index (χ2n) is 2.61. The highest BCUT2D eigenvalue weighted by molar-refractivity contribution is 8.27. The summed E-state index contributed by atoms with van der Waals surface area (Å²) in [6, 6.07) is 5.36. The Bertz CT molecular complexity index is 414. The Morgan fingerprint density at radius 1 is 1.36 bits per heavy atom. The average molecular weight is 206 g/mol. The Hall–Kier alpha value is -1.62. The first kappa shape index (κ1) is 8.96. The van der Waals surface area contributed by atoms with E-state index in [2.05, 4.69) is 10.3 Å². The monoisotopic (exact) mass is 206 g/mol. The quantitative estimate of drug-likeness (QED) is 0.706. The van der Waals surface area contributed by atoms with Crippen LogP contribution >= 0.6 is 11.8 Å². The van der Waals surface area contributed by atoms with Crippen LogP contribution in [0.1, 0.15) is 5.69 Å². The standard InChI is InChI=1S/C9H6N2O2S/c12-8-7(11-9(13)14-8)5-6-3-1-2-4-10-6/h1-5H,(H,11,13). The number of thioether (sulfide) groups is 1. The number of nitrogens with zero attached hydrogens (tertiary/aromatic N) is 1. The van der Waals surface area contributed by atoms with Crippen molar-refractivity contribution in [3.05, 3.63) is 35.8 Å². The zero-order chi connectivity index (χ0) is 9.97. The summed E-state index contributed by atoms with van der Waals surface area (Å²) in [6.45, 7) is 0. The lowest BCUT2D eigenvalue weighted by Gasteiger charge is -1.94. The first-order chi connectivity index (χ1) is 6.75. The van der Waals surface area contributed by atoms with Crippen molar-refractivity contribution in [3.63, 3.8) is 0 Å². The van der Waals surface area contributed by atoms with Crippen molar-refractivity contribution in [2.45, 2.75) is 0 Å².